The highest BCUT2D eigenvalue weighted by molar-refractivity contribution is 5.67. The monoisotopic (exact) mass is 306 g/mol. The molecule has 0 heterocycles. The van der Waals surface area contributed by atoms with Crippen molar-refractivity contribution in [3.05, 3.63) is 35.9 Å². The summed E-state index contributed by atoms with van der Waals surface area (Å²) in [5.74, 6) is 0. The molecule has 0 saturated carbocycles. The third-order valence-corrected chi connectivity index (χ3v) is 2.65. The number of amides is 1. The van der Waals surface area contributed by atoms with Crippen LogP contribution >= 0.6 is 0 Å². The van der Waals surface area contributed by atoms with Gasteiger partial charge in [0.25, 0.3) is 0 Å². The van der Waals surface area contributed by atoms with E-state index >= 15 is 0 Å². The Bertz CT molecular complexity index is 453. The first-order chi connectivity index (χ1) is 10.5. The Hall–Kier alpha value is -2.04. The fraction of sp³-hybridized carbons (Fsp3) is 0.529. The minimum atomic E-state index is -0.452. The van der Waals surface area contributed by atoms with Crippen LogP contribution in [0.15, 0.2) is 35.5 Å². The van der Waals surface area contributed by atoms with Crippen LogP contribution in [-0.2, 0) is 16.2 Å². The van der Waals surface area contributed by atoms with Crippen molar-refractivity contribution in [2.75, 3.05) is 6.54 Å². The number of benzene rings is 1. The number of nitrogens with one attached hydrogen (secondary N) is 1. The van der Waals surface area contributed by atoms with E-state index in [4.69, 9.17) is 9.57 Å². The third kappa shape index (κ3) is 9.80. The molecular formula is C17H26N2O3. The van der Waals surface area contributed by atoms with Gasteiger partial charge in [-0.15, -0.1) is 0 Å². The van der Waals surface area contributed by atoms with E-state index in [1.165, 1.54) is 0 Å². The Balaban J connectivity index is 1.97. The Kier molecular flexibility index (Phi) is 8.04. The van der Waals surface area contributed by atoms with E-state index in [1.807, 2.05) is 51.1 Å². The van der Waals surface area contributed by atoms with Crippen LogP contribution in [0.25, 0.3) is 0 Å². The molecule has 1 aromatic rings. The predicted octanol–water partition coefficient (Wildman–Crippen LogP) is 3.88. The zero-order valence-corrected chi connectivity index (χ0v) is 13.7. The zero-order chi connectivity index (χ0) is 16.3. The number of ether oxygens (including phenoxy) is 1. The molecule has 1 aromatic carbocycles. The summed E-state index contributed by atoms with van der Waals surface area (Å²) in [5.41, 5.74) is 0.647. The van der Waals surface area contributed by atoms with E-state index in [2.05, 4.69) is 10.5 Å². The summed E-state index contributed by atoms with van der Waals surface area (Å²) in [6.07, 6.45) is 4.03. The highest BCUT2D eigenvalue weighted by Gasteiger charge is 2.15. The van der Waals surface area contributed by atoms with Crippen molar-refractivity contribution in [1.82, 2.24) is 5.32 Å². The first-order valence-corrected chi connectivity index (χ1v) is 7.62. The minimum absolute atomic E-state index is 0.368. The number of oxime groups is 1. The highest BCUT2D eigenvalue weighted by Crippen LogP contribution is 2.06. The summed E-state index contributed by atoms with van der Waals surface area (Å²) in [4.78, 5) is 16.6. The number of rotatable bonds is 8. The second kappa shape index (κ2) is 9.82. The van der Waals surface area contributed by atoms with Gasteiger partial charge < -0.3 is 14.9 Å². The van der Waals surface area contributed by atoms with Gasteiger partial charge in [-0.3, -0.25) is 0 Å². The number of carbonyl (C=O) groups is 1. The van der Waals surface area contributed by atoms with E-state index < -0.39 is 5.60 Å². The number of unbranched alkanes of at least 4 members (excludes halogenated alkanes) is 2. The minimum Gasteiger partial charge on any atom is -0.444 e. The van der Waals surface area contributed by atoms with Crippen molar-refractivity contribution in [1.29, 1.82) is 0 Å². The summed E-state index contributed by atoms with van der Waals surface area (Å²) < 4.78 is 5.14. The van der Waals surface area contributed by atoms with Crippen LogP contribution in [0.4, 0.5) is 4.79 Å². The van der Waals surface area contributed by atoms with Crippen LogP contribution in [0.1, 0.15) is 45.6 Å². The molecule has 0 atom stereocenters. The number of hydrogen-bond acceptors (Lipinski definition) is 4. The molecule has 5 nitrogen and oxygen atoms in total. The molecule has 0 bridgehead atoms. The maximum absolute atomic E-state index is 11.4. The van der Waals surface area contributed by atoms with Gasteiger partial charge in [0, 0.05) is 12.8 Å². The average molecular weight is 306 g/mol. The Morgan fingerprint density at radius 3 is 2.64 bits per heavy atom. The molecule has 0 aliphatic rings. The normalized spacial score (nSPS) is 11.4. The molecule has 1 rings (SSSR count). The standard InChI is InChI=1S/C17H26N2O3/c1-17(2,3)22-16(20)18-12-8-5-9-13-19-21-14-15-10-6-4-7-11-15/h4,6-7,10-11,13H,5,8-9,12,14H2,1-3H3,(H,18,20). The van der Waals surface area contributed by atoms with Gasteiger partial charge in [0.1, 0.15) is 12.2 Å². The largest absolute Gasteiger partial charge is 0.444 e. The molecule has 22 heavy (non-hydrogen) atoms. The second-order valence-corrected chi connectivity index (χ2v) is 5.97. The molecule has 122 valence electrons. The van der Waals surface area contributed by atoms with Crippen molar-refractivity contribution >= 4 is 12.3 Å². The summed E-state index contributed by atoms with van der Waals surface area (Å²) in [7, 11) is 0. The van der Waals surface area contributed by atoms with E-state index in [1.54, 1.807) is 6.21 Å². The smallest absolute Gasteiger partial charge is 0.407 e. The lowest BCUT2D eigenvalue weighted by molar-refractivity contribution is 0.0527. The van der Waals surface area contributed by atoms with Gasteiger partial charge in [0.15, 0.2) is 0 Å². The highest BCUT2D eigenvalue weighted by atomic mass is 16.6. The molecule has 5 heteroatoms. The number of alkyl carbamates (subject to hydrolysis) is 1. The predicted molar refractivity (Wildman–Crippen MR) is 87.8 cm³/mol. The zero-order valence-electron chi connectivity index (χ0n) is 13.7. The molecule has 0 fully saturated rings. The molecule has 0 spiro atoms. The number of nitrogens with zero attached hydrogens (tertiary/aromatic N) is 1. The molecule has 0 saturated heterocycles. The van der Waals surface area contributed by atoms with E-state index in [9.17, 15) is 4.79 Å². The lowest BCUT2D eigenvalue weighted by Crippen LogP contribution is -2.32. The van der Waals surface area contributed by atoms with Gasteiger partial charge in [0.05, 0.1) is 0 Å². The average Bonchev–Trinajstić information content (AvgIpc) is 2.44. The topological polar surface area (TPSA) is 59.9 Å². The van der Waals surface area contributed by atoms with E-state index in [0.717, 1.165) is 24.8 Å². The quantitative estimate of drug-likeness (QED) is 0.450. The Labute approximate surface area is 132 Å². The molecule has 0 unspecified atom stereocenters. The molecule has 0 aromatic heterocycles. The number of hydrogen-bond donors (Lipinski definition) is 1. The molecular weight excluding hydrogens is 280 g/mol. The Morgan fingerprint density at radius 1 is 1.23 bits per heavy atom. The van der Waals surface area contributed by atoms with Crippen LogP contribution in [-0.4, -0.2) is 24.5 Å². The van der Waals surface area contributed by atoms with Crippen molar-refractivity contribution < 1.29 is 14.4 Å². The van der Waals surface area contributed by atoms with Crippen molar-refractivity contribution in [3.63, 3.8) is 0 Å². The summed E-state index contributed by atoms with van der Waals surface area (Å²) >= 11 is 0. The molecule has 1 N–H and O–H groups in total. The SMILES string of the molecule is CC(C)(C)OC(=O)NCCCCC=NOCc1ccccc1. The summed E-state index contributed by atoms with van der Waals surface area (Å²) in [6.45, 7) is 6.63. The van der Waals surface area contributed by atoms with Crippen LogP contribution in [0.2, 0.25) is 0 Å². The van der Waals surface area contributed by atoms with Gasteiger partial charge in [-0.1, -0.05) is 35.5 Å². The first kappa shape index (κ1) is 18.0. The van der Waals surface area contributed by atoms with Crippen LogP contribution in [0.5, 0.6) is 0 Å². The van der Waals surface area contributed by atoms with Crippen molar-refractivity contribution in [2.45, 2.75) is 52.2 Å². The van der Waals surface area contributed by atoms with Crippen LogP contribution < -0.4 is 5.32 Å². The molecule has 0 aliphatic heterocycles. The second-order valence-electron chi connectivity index (χ2n) is 5.97. The fourth-order valence-electron chi connectivity index (χ4n) is 1.66. The summed E-state index contributed by atoms with van der Waals surface area (Å²) in [6, 6.07) is 9.91. The molecule has 0 aliphatic carbocycles. The van der Waals surface area contributed by atoms with Crippen LogP contribution in [0, 0.1) is 0 Å². The lowest BCUT2D eigenvalue weighted by atomic mass is 10.2. The maximum Gasteiger partial charge on any atom is 0.407 e. The fourth-order valence-corrected chi connectivity index (χ4v) is 1.66. The van der Waals surface area contributed by atoms with Crippen molar-refractivity contribution in [2.24, 2.45) is 5.16 Å². The van der Waals surface area contributed by atoms with Gasteiger partial charge in [-0.25, -0.2) is 4.79 Å². The maximum atomic E-state index is 11.4. The third-order valence-electron chi connectivity index (χ3n) is 2.65. The van der Waals surface area contributed by atoms with E-state index in [0.29, 0.717) is 13.2 Å². The molecule has 0 radical (unpaired) electrons. The van der Waals surface area contributed by atoms with Gasteiger partial charge in [-0.2, -0.15) is 0 Å². The van der Waals surface area contributed by atoms with Crippen molar-refractivity contribution in [3.8, 4) is 0 Å². The lowest BCUT2D eigenvalue weighted by Gasteiger charge is -2.19. The van der Waals surface area contributed by atoms with E-state index in [-0.39, 0.29) is 6.09 Å². The molecule has 1 amide bonds. The van der Waals surface area contributed by atoms with Gasteiger partial charge in [-0.05, 0) is 45.6 Å². The Morgan fingerprint density at radius 2 is 1.95 bits per heavy atom. The van der Waals surface area contributed by atoms with Gasteiger partial charge in [0.2, 0.25) is 0 Å². The summed E-state index contributed by atoms with van der Waals surface area (Å²) in [5, 5.41) is 6.64. The number of carbonyl (C=O) groups excluding carboxylic acids is 1. The van der Waals surface area contributed by atoms with Crippen LogP contribution in [0.3, 0.4) is 0 Å². The van der Waals surface area contributed by atoms with Gasteiger partial charge >= 0.3 is 6.09 Å². The first-order valence-electron chi connectivity index (χ1n) is 7.62.